The van der Waals surface area contributed by atoms with E-state index < -0.39 is 5.82 Å². The van der Waals surface area contributed by atoms with E-state index in [1.54, 1.807) is 15.6 Å². The molecule has 0 bridgehead atoms. The van der Waals surface area contributed by atoms with Crippen LogP contribution in [0.2, 0.25) is 0 Å². The predicted octanol–water partition coefficient (Wildman–Crippen LogP) is 4.78. The van der Waals surface area contributed by atoms with Gasteiger partial charge in [0.05, 0.1) is 23.3 Å². The first-order valence-corrected chi connectivity index (χ1v) is 14.9. The van der Waals surface area contributed by atoms with E-state index in [2.05, 4.69) is 27.2 Å². The molecule has 0 spiro atoms. The molecule has 10 nitrogen and oxygen atoms in total. The van der Waals surface area contributed by atoms with Crippen LogP contribution >= 0.6 is 0 Å². The van der Waals surface area contributed by atoms with Gasteiger partial charge in [0.2, 0.25) is 5.91 Å². The fourth-order valence-corrected chi connectivity index (χ4v) is 5.88. The number of ether oxygens (including phenoxy) is 1. The maximum atomic E-state index is 16.2. The number of aromatic nitrogens is 4. The third-order valence-electron chi connectivity index (χ3n) is 8.28. The molecule has 6 rings (SSSR count). The van der Waals surface area contributed by atoms with Gasteiger partial charge in [-0.1, -0.05) is 13.0 Å². The molecule has 5 heterocycles. The maximum Gasteiger partial charge on any atom is 0.236 e. The van der Waals surface area contributed by atoms with Crippen LogP contribution < -0.4 is 10.1 Å². The summed E-state index contributed by atoms with van der Waals surface area (Å²) >= 11 is 0. The van der Waals surface area contributed by atoms with Gasteiger partial charge in [0.15, 0.2) is 17.5 Å². The van der Waals surface area contributed by atoms with E-state index in [4.69, 9.17) is 15.0 Å². The minimum atomic E-state index is -0.568. The van der Waals surface area contributed by atoms with E-state index in [1.165, 1.54) is 0 Å². The zero-order chi connectivity index (χ0) is 29.8. The topological polar surface area (TPSA) is 112 Å². The Labute approximate surface area is 250 Å². The highest BCUT2D eigenvalue weighted by molar-refractivity contribution is 5.79. The summed E-state index contributed by atoms with van der Waals surface area (Å²) in [5.74, 6) is 0.373. The van der Waals surface area contributed by atoms with E-state index in [-0.39, 0.29) is 36.0 Å². The Morgan fingerprint density at radius 3 is 2.70 bits per heavy atom. The van der Waals surface area contributed by atoms with E-state index in [0.29, 0.717) is 30.0 Å². The molecule has 0 aliphatic carbocycles. The molecule has 1 N–H and O–H groups in total. The number of halogens is 1. The third-order valence-corrected chi connectivity index (χ3v) is 8.28. The van der Waals surface area contributed by atoms with Gasteiger partial charge in [-0.2, -0.15) is 10.4 Å². The van der Waals surface area contributed by atoms with Crippen LogP contribution in [0.1, 0.15) is 39.0 Å². The zero-order valence-electron chi connectivity index (χ0n) is 24.2. The summed E-state index contributed by atoms with van der Waals surface area (Å²) in [4.78, 5) is 25.8. The molecule has 1 amide bonds. The molecule has 1 atom stereocenters. The van der Waals surface area contributed by atoms with E-state index in [0.717, 1.165) is 56.6 Å². The lowest BCUT2D eigenvalue weighted by Gasteiger charge is -2.33. The summed E-state index contributed by atoms with van der Waals surface area (Å²) in [6.45, 7) is 6.23. The van der Waals surface area contributed by atoms with Crippen molar-refractivity contribution in [1.82, 2.24) is 29.4 Å². The van der Waals surface area contributed by atoms with Crippen LogP contribution in [0.25, 0.3) is 28.2 Å². The number of anilines is 1. The molecular weight excluding hydrogens is 547 g/mol. The second-order valence-electron chi connectivity index (χ2n) is 11.1. The van der Waals surface area contributed by atoms with Crippen molar-refractivity contribution in [3.05, 3.63) is 60.7 Å². The van der Waals surface area contributed by atoms with Crippen molar-refractivity contribution < 1.29 is 13.9 Å². The number of benzene rings is 1. The number of nitrogens with one attached hydrogen (secondary N) is 1. The van der Waals surface area contributed by atoms with Gasteiger partial charge in [0.25, 0.3) is 0 Å². The molecule has 3 aromatic heterocycles. The number of hydrogen-bond acceptors (Lipinski definition) is 8. The Bertz CT molecular complexity index is 1620. The summed E-state index contributed by atoms with van der Waals surface area (Å²) in [7, 11) is 0. The number of rotatable bonds is 8. The highest BCUT2D eigenvalue weighted by atomic mass is 19.1. The van der Waals surface area contributed by atoms with Crippen molar-refractivity contribution >= 4 is 17.2 Å². The standard InChI is InChI=1S/C32H35FN8O2/c1-2-39-18-13-25(14-19-39)43-24-10-8-22(9-11-24)30-29(33)32(36-23-6-5-16-40(21-23)28(42)12-15-34)38-31(37-30)26-20-35-41-17-4-3-7-27(26)41/h3-4,7-11,17,20,23,25H,2,5-6,12-14,16,18-19,21H2,1H3,(H,36,37,38). The number of hydrogen-bond donors (Lipinski definition) is 1. The van der Waals surface area contributed by atoms with Crippen LogP contribution in [0.3, 0.4) is 0 Å². The maximum absolute atomic E-state index is 16.2. The summed E-state index contributed by atoms with van der Waals surface area (Å²) in [5, 5.41) is 16.6. The SMILES string of the molecule is CCN1CCC(Oc2ccc(-c3nc(-c4cnn5ccccc45)nc(NC4CCCN(C(=O)CC#N)C4)c3F)cc2)CC1. The molecule has 1 unspecified atom stereocenters. The smallest absolute Gasteiger partial charge is 0.236 e. The second-order valence-corrected chi connectivity index (χ2v) is 11.1. The number of likely N-dealkylation sites (tertiary alicyclic amines) is 2. The number of nitriles is 1. The number of piperidine rings is 2. The molecule has 2 aliphatic heterocycles. The minimum absolute atomic E-state index is 0.0675. The number of carbonyl (C=O) groups excluding carboxylic acids is 1. The first-order chi connectivity index (χ1) is 21.0. The molecule has 1 aromatic carbocycles. The molecule has 43 heavy (non-hydrogen) atoms. The summed E-state index contributed by atoms with van der Waals surface area (Å²) in [6.07, 6.45) is 6.96. The molecule has 222 valence electrons. The van der Waals surface area contributed by atoms with Gasteiger partial charge in [0.1, 0.15) is 24.0 Å². The number of nitrogens with zero attached hydrogens (tertiary/aromatic N) is 7. The number of pyridine rings is 1. The Morgan fingerprint density at radius 1 is 1.12 bits per heavy atom. The van der Waals surface area contributed by atoms with Crippen LogP contribution in [0, 0.1) is 17.1 Å². The van der Waals surface area contributed by atoms with E-state index in [9.17, 15) is 4.79 Å². The first kappa shape index (κ1) is 28.6. The molecular formula is C32H35FN8O2. The van der Waals surface area contributed by atoms with Gasteiger partial charge in [-0.25, -0.2) is 18.9 Å². The predicted molar refractivity (Wildman–Crippen MR) is 161 cm³/mol. The zero-order valence-corrected chi connectivity index (χ0v) is 24.2. The Morgan fingerprint density at radius 2 is 1.93 bits per heavy atom. The number of carbonyl (C=O) groups is 1. The summed E-state index contributed by atoms with van der Waals surface area (Å²) in [5.41, 5.74) is 2.25. The van der Waals surface area contributed by atoms with Gasteiger partial charge in [-0.3, -0.25) is 4.79 Å². The van der Waals surface area contributed by atoms with Gasteiger partial charge in [-0.05, 0) is 68.6 Å². The van der Waals surface area contributed by atoms with Crippen LogP contribution in [-0.4, -0.2) is 80.2 Å². The van der Waals surface area contributed by atoms with Gasteiger partial charge in [-0.15, -0.1) is 0 Å². The average Bonchev–Trinajstić information content (AvgIpc) is 3.47. The first-order valence-electron chi connectivity index (χ1n) is 14.9. The number of amides is 1. The quantitative estimate of drug-likeness (QED) is 0.316. The van der Waals surface area contributed by atoms with Crippen LogP contribution in [-0.2, 0) is 4.79 Å². The fourth-order valence-electron chi connectivity index (χ4n) is 5.88. The Hall–Kier alpha value is -4.56. The van der Waals surface area contributed by atoms with Crippen molar-refractivity contribution in [1.29, 1.82) is 5.26 Å². The van der Waals surface area contributed by atoms with Crippen molar-refractivity contribution in [3.8, 4) is 34.5 Å². The molecule has 2 saturated heterocycles. The lowest BCUT2D eigenvalue weighted by atomic mass is 10.0. The largest absolute Gasteiger partial charge is 0.490 e. The molecule has 0 saturated carbocycles. The van der Waals surface area contributed by atoms with Crippen LogP contribution in [0.4, 0.5) is 10.2 Å². The van der Waals surface area contributed by atoms with Crippen molar-refractivity contribution in [2.45, 2.75) is 51.2 Å². The highest BCUT2D eigenvalue weighted by Gasteiger charge is 2.27. The van der Waals surface area contributed by atoms with Crippen LogP contribution in [0.5, 0.6) is 5.75 Å². The molecule has 4 aromatic rings. The average molecular weight is 583 g/mol. The van der Waals surface area contributed by atoms with Crippen molar-refractivity contribution in [2.24, 2.45) is 0 Å². The van der Waals surface area contributed by atoms with Gasteiger partial charge >= 0.3 is 0 Å². The molecule has 2 aliphatic rings. The molecule has 11 heteroatoms. The van der Waals surface area contributed by atoms with Gasteiger partial charge in [0, 0.05) is 44.0 Å². The minimum Gasteiger partial charge on any atom is -0.490 e. The Balaban J connectivity index is 1.30. The Kier molecular flexibility index (Phi) is 8.47. The highest BCUT2D eigenvalue weighted by Crippen LogP contribution is 2.32. The molecule has 0 radical (unpaired) electrons. The third kappa shape index (κ3) is 6.29. The fraction of sp³-hybridized carbons (Fsp3) is 0.406. The van der Waals surface area contributed by atoms with E-state index in [1.807, 2.05) is 54.7 Å². The normalized spacial score (nSPS) is 18.0. The summed E-state index contributed by atoms with van der Waals surface area (Å²) in [6, 6.07) is 14.8. The lowest BCUT2D eigenvalue weighted by Crippen LogP contribution is -2.45. The molecule has 2 fully saturated rings. The monoisotopic (exact) mass is 582 g/mol. The van der Waals surface area contributed by atoms with Gasteiger partial charge < -0.3 is 19.9 Å². The van der Waals surface area contributed by atoms with E-state index >= 15 is 4.39 Å². The lowest BCUT2D eigenvalue weighted by molar-refractivity contribution is -0.131. The summed E-state index contributed by atoms with van der Waals surface area (Å²) < 4.78 is 24.2. The van der Waals surface area contributed by atoms with Crippen LogP contribution in [0.15, 0.2) is 54.9 Å². The number of fused-ring (bicyclic) bond motifs is 1. The second kappa shape index (κ2) is 12.8. The van der Waals surface area contributed by atoms with Crippen molar-refractivity contribution in [3.63, 3.8) is 0 Å². The van der Waals surface area contributed by atoms with Crippen molar-refractivity contribution in [2.75, 3.05) is 38.0 Å².